The van der Waals surface area contributed by atoms with Gasteiger partial charge in [-0.15, -0.1) is 0 Å². The van der Waals surface area contributed by atoms with Crippen molar-refractivity contribution >= 4 is 39.8 Å². The molecule has 0 bridgehead atoms. The molecule has 0 radical (unpaired) electrons. The van der Waals surface area contributed by atoms with Crippen LogP contribution in [0.4, 0.5) is 5.82 Å². The lowest BCUT2D eigenvalue weighted by Crippen LogP contribution is -1.99. The van der Waals surface area contributed by atoms with Crippen molar-refractivity contribution in [3.05, 3.63) is 40.1 Å². The average Bonchev–Trinajstić information content (AvgIpc) is 2.76. The van der Waals surface area contributed by atoms with Gasteiger partial charge in [0.15, 0.2) is 0 Å². The summed E-state index contributed by atoms with van der Waals surface area (Å²) < 4.78 is 10.7. The van der Waals surface area contributed by atoms with Gasteiger partial charge >= 0.3 is 0 Å². The number of nitrogens with one attached hydrogen (secondary N) is 1. The Morgan fingerprint density at radius 3 is 1.93 bits per heavy atom. The molecule has 3 rings (SSSR count). The van der Waals surface area contributed by atoms with Gasteiger partial charge in [-0.05, 0) is 19.1 Å². The van der Waals surface area contributed by atoms with E-state index in [1.54, 1.807) is 12.3 Å². The first-order valence-corrected chi connectivity index (χ1v) is 10.3. The number of fused-ring (bicyclic) bond motifs is 1. The Labute approximate surface area is 183 Å². The van der Waals surface area contributed by atoms with Crippen LogP contribution in [0.3, 0.4) is 0 Å². The van der Waals surface area contributed by atoms with Crippen LogP contribution in [-0.4, -0.2) is 31.2 Å². The predicted molar refractivity (Wildman–Crippen MR) is 125 cm³/mol. The zero-order chi connectivity index (χ0) is 22.1. The SMILES string of the molecule is CC.CC.CNc1nc(-c2c(Cl)c(OC)cc(OC)c2Cl)cc2cnc(C)cc12. The Morgan fingerprint density at radius 1 is 0.897 bits per heavy atom. The molecule has 0 fully saturated rings. The van der Waals surface area contributed by atoms with Crippen molar-refractivity contribution in [1.29, 1.82) is 0 Å². The summed E-state index contributed by atoms with van der Waals surface area (Å²) in [5.41, 5.74) is 2.07. The first-order valence-electron chi connectivity index (χ1n) is 9.55. The third-order valence-corrected chi connectivity index (χ3v) is 4.67. The molecule has 0 spiro atoms. The Kier molecular flexibility index (Phi) is 9.99. The first kappa shape index (κ1) is 24.8. The maximum absolute atomic E-state index is 6.51. The lowest BCUT2D eigenvalue weighted by molar-refractivity contribution is 0.395. The number of rotatable bonds is 4. The lowest BCUT2D eigenvalue weighted by Gasteiger charge is -2.16. The van der Waals surface area contributed by atoms with Crippen molar-refractivity contribution in [2.45, 2.75) is 34.6 Å². The van der Waals surface area contributed by atoms with E-state index in [2.05, 4.69) is 15.3 Å². The van der Waals surface area contributed by atoms with E-state index in [1.165, 1.54) is 14.2 Å². The molecule has 0 aliphatic heterocycles. The Morgan fingerprint density at radius 2 is 1.45 bits per heavy atom. The zero-order valence-electron chi connectivity index (χ0n) is 18.3. The topological polar surface area (TPSA) is 56.3 Å². The molecule has 7 heteroatoms. The largest absolute Gasteiger partial charge is 0.495 e. The number of benzene rings is 1. The summed E-state index contributed by atoms with van der Waals surface area (Å²) in [5.74, 6) is 1.65. The van der Waals surface area contributed by atoms with Crippen LogP contribution in [0.1, 0.15) is 33.4 Å². The summed E-state index contributed by atoms with van der Waals surface area (Å²) in [6.45, 7) is 9.94. The van der Waals surface area contributed by atoms with Gasteiger partial charge in [-0.2, -0.15) is 0 Å². The van der Waals surface area contributed by atoms with Crippen molar-refractivity contribution in [3.8, 4) is 22.8 Å². The second kappa shape index (κ2) is 11.7. The van der Waals surface area contributed by atoms with Gasteiger partial charge in [0.05, 0.1) is 30.0 Å². The average molecular weight is 438 g/mol. The molecule has 1 N–H and O–H groups in total. The zero-order valence-corrected chi connectivity index (χ0v) is 19.8. The van der Waals surface area contributed by atoms with Gasteiger partial charge in [-0.25, -0.2) is 4.98 Å². The molecule has 5 nitrogen and oxygen atoms in total. The van der Waals surface area contributed by atoms with Gasteiger partial charge < -0.3 is 14.8 Å². The highest BCUT2D eigenvalue weighted by molar-refractivity contribution is 6.41. The van der Waals surface area contributed by atoms with Crippen LogP contribution in [0, 0.1) is 6.92 Å². The molecule has 0 unspecified atom stereocenters. The summed E-state index contributed by atoms with van der Waals surface area (Å²) in [4.78, 5) is 9.04. The van der Waals surface area contributed by atoms with Crippen molar-refractivity contribution < 1.29 is 9.47 Å². The van der Waals surface area contributed by atoms with E-state index in [-0.39, 0.29) is 0 Å². The summed E-state index contributed by atoms with van der Waals surface area (Å²) in [5, 5.41) is 5.77. The van der Waals surface area contributed by atoms with Crippen LogP contribution in [0.5, 0.6) is 11.5 Å². The fourth-order valence-electron chi connectivity index (χ4n) is 2.68. The highest BCUT2D eigenvalue weighted by atomic mass is 35.5. The predicted octanol–water partition coefficient (Wildman–Crippen LogP) is 7.02. The minimum atomic E-state index is 0.377. The number of ether oxygens (including phenoxy) is 2. The third kappa shape index (κ3) is 5.22. The standard InChI is InChI=1S/C18H17Cl2N3O2.2C2H6/c1-9-5-11-10(8-22-9)6-12(23-18(11)21-2)15-16(19)13(24-3)7-14(25-4)17(15)20;2*1-2/h5-8H,1-4H3,(H,21,23);2*1-2H3. The van der Waals surface area contributed by atoms with Crippen LogP contribution in [0.25, 0.3) is 22.0 Å². The smallest absolute Gasteiger partial charge is 0.141 e. The highest BCUT2D eigenvalue weighted by Gasteiger charge is 2.21. The molecule has 158 valence electrons. The molecule has 3 aromatic rings. The molecule has 0 saturated carbocycles. The molecule has 0 aliphatic carbocycles. The quantitative estimate of drug-likeness (QED) is 0.474. The van der Waals surface area contributed by atoms with Crippen LogP contribution in [0.2, 0.25) is 10.0 Å². The number of aromatic nitrogens is 2. The van der Waals surface area contributed by atoms with Crippen molar-refractivity contribution in [2.24, 2.45) is 0 Å². The highest BCUT2D eigenvalue weighted by Crippen LogP contribution is 2.46. The molecular weight excluding hydrogens is 409 g/mol. The molecule has 2 aromatic heterocycles. The van der Waals surface area contributed by atoms with Crippen molar-refractivity contribution in [2.75, 3.05) is 26.6 Å². The van der Waals surface area contributed by atoms with E-state index in [9.17, 15) is 0 Å². The van der Waals surface area contributed by atoms with Crippen LogP contribution >= 0.6 is 23.2 Å². The first-order chi connectivity index (χ1) is 14.0. The maximum Gasteiger partial charge on any atom is 0.141 e. The van der Waals surface area contributed by atoms with E-state index in [4.69, 9.17) is 32.7 Å². The van der Waals surface area contributed by atoms with E-state index in [0.29, 0.717) is 38.6 Å². The molecule has 0 aliphatic rings. The number of hydrogen-bond donors (Lipinski definition) is 1. The summed E-state index contributed by atoms with van der Waals surface area (Å²) >= 11 is 13.0. The van der Waals surface area contributed by atoms with Crippen LogP contribution in [-0.2, 0) is 0 Å². The summed E-state index contributed by atoms with van der Waals surface area (Å²) in [6, 6.07) is 5.53. The molecule has 0 atom stereocenters. The van der Waals surface area contributed by atoms with Gasteiger partial charge in [0.2, 0.25) is 0 Å². The fourth-order valence-corrected chi connectivity index (χ4v) is 3.37. The number of pyridine rings is 2. The van der Waals surface area contributed by atoms with Gasteiger partial charge in [-0.1, -0.05) is 50.9 Å². The second-order valence-corrected chi connectivity index (χ2v) is 6.19. The molecule has 0 saturated heterocycles. The normalized spacial score (nSPS) is 9.72. The summed E-state index contributed by atoms with van der Waals surface area (Å²) in [6.07, 6.45) is 1.80. The molecular formula is C22H29Cl2N3O2. The van der Waals surface area contributed by atoms with Gasteiger partial charge in [0.1, 0.15) is 17.3 Å². The van der Waals surface area contributed by atoms with E-state index < -0.39 is 0 Å². The van der Waals surface area contributed by atoms with Gasteiger partial charge in [0.25, 0.3) is 0 Å². The number of anilines is 1. The maximum atomic E-state index is 6.51. The van der Waals surface area contributed by atoms with E-state index in [1.807, 2.05) is 53.8 Å². The minimum absolute atomic E-state index is 0.377. The van der Waals surface area contributed by atoms with Gasteiger partial charge in [0, 0.05) is 41.3 Å². The lowest BCUT2D eigenvalue weighted by atomic mass is 10.1. The van der Waals surface area contributed by atoms with Crippen LogP contribution in [0.15, 0.2) is 24.4 Å². The Bertz CT molecular complexity index is 934. The Balaban J connectivity index is 0.000000989. The van der Waals surface area contributed by atoms with E-state index in [0.717, 1.165) is 16.5 Å². The number of aryl methyl sites for hydroxylation is 1. The minimum Gasteiger partial charge on any atom is -0.495 e. The molecule has 1 aromatic carbocycles. The molecule has 2 heterocycles. The van der Waals surface area contributed by atoms with Crippen molar-refractivity contribution in [1.82, 2.24) is 9.97 Å². The molecule has 0 amide bonds. The van der Waals surface area contributed by atoms with Crippen LogP contribution < -0.4 is 14.8 Å². The fraction of sp³-hybridized carbons (Fsp3) is 0.364. The number of halogens is 2. The number of hydrogen-bond acceptors (Lipinski definition) is 5. The van der Waals surface area contributed by atoms with Gasteiger partial charge in [-0.3, -0.25) is 4.98 Å². The summed E-state index contributed by atoms with van der Waals surface area (Å²) in [7, 11) is 4.90. The monoisotopic (exact) mass is 437 g/mol. The molecule has 29 heavy (non-hydrogen) atoms. The third-order valence-electron chi connectivity index (χ3n) is 3.92. The van der Waals surface area contributed by atoms with E-state index >= 15 is 0 Å². The Hall–Kier alpha value is -2.24. The number of methoxy groups -OCH3 is 2. The number of nitrogens with zero attached hydrogens (tertiary/aromatic N) is 2. The second-order valence-electron chi connectivity index (χ2n) is 5.44. The van der Waals surface area contributed by atoms with Crippen molar-refractivity contribution in [3.63, 3.8) is 0 Å².